The Balaban J connectivity index is 1.76. The highest BCUT2D eigenvalue weighted by Crippen LogP contribution is 2.08. The summed E-state index contributed by atoms with van der Waals surface area (Å²) in [6.45, 7) is 5.61. The molecule has 2 heterocycles. The molecule has 0 spiro atoms. The number of hydrogen-bond acceptors (Lipinski definition) is 5. The van der Waals surface area contributed by atoms with E-state index in [4.69, 9.17) is 9.84 Å². The molecule has 1 saturated heterocycles. The van der Waals surface area contributed by atoms with Crippen molar-refractivity contribution >= 4 is 5.97 Å². The van der Waals surface area contributed by atoms with Gasteiger partial charge in [-0.05, 0) is 13.1 Å². The number of pyridine rings is 1. The van der Waals surface area contributed by atoms with Crippen LogP contribution in [0.15, 0.2) is 18.2 Å². The molecule has 0 unspecified atom stereocenters. The Bertz CT molecular complexity index is 431. The average molecular weight is 265 g/mol. The van der Waals surface area contributed by atoms with Gasteiger partial charge < -0.3 is 14.7 Å². The number of likely N-dealkylation sites (N-methyl/N-ethyl adjacent to an activating group) is 1. The lowest BCUT2D eigenvalue weighted by atomic mass is 10.3. The van der Waals surface area contributed by atoms with Crippen LogP contribution < -0.4 is 4.74 Å². The van der Waals surface area contributed by atoms with E-state index < -0.39 is 5.97 Å². The number of carbonyl (C=O) groups is 1. The molecule has 19 heavy (non-hydrogen) atoms. The molecule has 2 rings (SSSR count). The number of piperazine rings is 1. The van der Waals surface area contributed by atoms with Crippen molar-refractivity contribution in [2.45, 2.75) is 0 Å². The normalized spacial score (nSPS) is 17.3. The largest absolute Gasteiger partial charge is 0.477 e. The van der Waals surface area contributed by atoms with Gasteiger partial charge in [0.2, 0.25) is 5.88 Å². The van der Waals surface area contributed by atoms with Crippen LogP contribution in [-0.2, 0) is 0 Å². The molecule has 0 saturated carbocycles. The number of hydrogen-bond donors (Lipinski definition) is 1. The van der Waals surface area contributed by atoms with Crippen molar-refractivity contribution in [2.75, 3.05) is 46.4 Å². The molecule has 1 aliphatic heterocycles. The van der Waals surface area contributed by atoms with Crippen LogP contribution in [0.1, 0.15) is 10.5 Å². The number of aromatic carboxylic acids is 1. The van der Waals surface area contributed by atoms with Gasteiger partial charge in [0.1, 0.15) is 6.61 Å². The van der Waals surface area contributed by atoms with E-state index in [9.17, 15) is 4.79 Å². The van der Waals surface area contributed by atoms with E-state index in [1.807, 2.05) is 0 Å². The van der Waals surface area contributed by atoms with Gasteiger partial charge in [0.15, 0.2) is 5.69 Å². The fraction of sp³-hybridized carbons (Fsp3) is 0.538. The lowest BCUT2D eigenvalue weighted by Crippen LogP contribution is -2.45. The van der Waals surface area contributed by atoms with Crippen LogP contribution in [0.4, 0.5) is 0 Å². The fourth-order valence-electron chi connectivity index (χ4n) is 1.97. The summed E-state index contributed by atoms with van der Waals surface area (Å²) >= 11 is 0. The number of carboxylic acid groups (broad SMARTS) is 1. The molecule has 1 aromatic heterocycles. The molecule has 0 bridgehead atoms. The van der Waals surface area contributed by atoms with Gasteiger partial charge in [0.05, 0.1) is 0 Å². The minimum absolute atomic E-state index is 0.0112. The zero-order valence-electron chi connectivity index (χ0n) is 11.1. The molecule has 6 nitrogen and oxygen atoms in total. The van der Waals surface area contributed by atoms with Crippen molar-refractivity contribution in [2.24, 2.45) is 0 Å². The van der Waals surface area contributed by atoms with E-state index in [2.05, 4.69) is 21.8 Å². The topological polar surface area (TPSA) is 65.9 Å². The first-order valence-electron chi connectivity index (χ1n) is 6.39. The maximum Gasteiger partial charge on any atom is 0.354 e. The maximum absolute atomic E-state index is 10.8. The fourth-order valence-corrected chi connectivity index (χ4v) is 1.97. The predicted molar refractivity (Wildman–Crippen MR) is 70.6 cm³/mol. The van der Waals surface area contributed by atoms with Crippen molar-refractivity contribution in [3.8, 4) is 5.88 Å². The molecule has 0 radical (unpaired) electrons. The van der Waals surface area contributed by atoms with E-state index in [0.717, 1.165) is 32.7 Å². The second-order valence-corrected chi connectivity index (χ2v) is 4.66. The second-order valence-electron chi connectivity index (χ2n) is 4.66. The third-order valence-corrected chi connectivity index (χ3v) is 3.20. The van der Waals surface area contributed by atoms with Gasteiger partial charge in [-0.1, -0.05) is 6.07 Å². The van der Waals surface area contributed by atoms with Crippen molar-refractivity contribution in [1.29, 1.82) is 0 Å². The number of carboxylic acids is 1. The Morgan fingerprint density at radius 3 is 2.79 bits per heavy atom. The van der Waals surface area contributed by atoms with Crippen LogP contribution >= 0.6 is 0 Å². The Labute approximate surface area is 112 Å². The van der Waals surface area contributed by atoms with Gasteiger partial charge in [-0.2, -0.15) is 0 Å². The number of rotatable bonds is 5. The van der Waals surface area contributed by atoms with Gasteiger partial charge >= 0.3 is 5.97 Å². The summed E-state index contributed by atoms with van der Waals surface area (Å²) in [6, 6.07) is 4.77. The number of aromatic nitrogens is 1. The standard InChI is InChI=1S/C13H19N3O3/c1-15-5-7-16(8-6-15)9-10-19-12-4-2-3-11(14-12)13(17)18/h2-4H,5-10H2,1H3,(H,17,18). The van der Waals surface area contributed by atoms with Gasteiger partial charge in [-0.15, -0.1) is 0 Å². The molecule has 1 fully saturated rings. The molecule has 0 atom stereocenters. The summed E-state index contributed by atoms with van der Waals surface area (Å²) in [7, 11) is 2.12. The van der Waals surface area contributed by atoms with Crippen molar-refractivity contribution < 1.29 is 14.6 Å². The third-order valence-electron chi connectivity index (χ3n) is 3.20. The number of ether oxygens (including phenoxy) is 1. The van der Waals surface area contributed by atoms with Crippen LogP contribution in [-0.4, -0.2) is 72.2 Å². The first-order chi connectivity index (χ1) is 9.15. The molecule has 0 aliphatic carbocycles. The zero-order chi connectivity index (χ0) is 13.7. The van der Waals surface area contributed by atoms with E-state index in [-0.39, 0.29) is 5.69 Å². The Kier molecular flexibility index (Phi) is 4.70. The van der Waals surface area contributed by atoms with Crippen LogP contribution in [0.5, 0.6) is 5.88 Å². The quantitative estimate of drug-likeness (QED) is 0.831. The molecule has 0 amide bonds. The van der Waals surface area contributed by atoms with Gasteiger partial charge in [0.25, 0.3) is 0 Å². The smallest absolute Gasteiger partial charge is 0.354 e. The first-order valence-corrected chi connectivity index (χ1v) is 6.39. The van der Waals surface area contributed by atoms with Gasteiger partial charge in [0, 0.05) is 38.8 Å². The van der Waals surface area contributed by atoms with Gasteiger partial charge in [-0.25, -0.2) is 9.78 Å². The zero-order valence-corrected chi connectivity index (χ0v) is 11.1. The molecule has 0 aromatic carbocycles. The second kappa shape index (κ2) is 6.49. The highest BCUT2D eigenvalue weighted by molar-refractivity contribution is 5.85. The van der Waals surface area contributed by atoms with Crippen LogP contribution in [0.25, 0.3) is 0 Å². The molecule has 104 valence electrons. The molecule has 1 aromatic rings. The monoisotopic (exact) mass is 265 g/mol. The summed E-state index contributed by atoms with van der Waals surface area (Å²) in [5, 5.41) is 8.83. The highest BCUT2D eigenvalue weighted by atomic mass is 16.5. The van der Waals surface area contributed by atoms with Crippen LogP contribution in [0, 0.1) is 0 Å². The third kappa shape index (κ3) is 4.18. The minimum Gasteiger partial charge on any atom is -0.477 e. The minimum atomic E-state index is -1.04. The number of nitrogens with zero attached hydrogens (tertiary/aromatic N) is 3. The summed E-state index contributed by atoms with van der Waals surface area (Å²) < 4.78 is 5.50. The lowest BCUT2D eigenvalue weighted by Gasteiger charge is -2.32. The summed E-state index contributed by atoms with van der Waals surface area (Å²) in [4.78, 5) is 19.3. The maximum atomic E-state index is 10.8. The molecular formula is C13H19N3O3. The van der Waals surface area contributed by atoms with E-state index in [1.165, 1.54) is 6.07 Å². The molecule has 1 N–H and O–H groups in total. The Morgan fingerprint density at radius 2 is 2.11 bits per heavy atom. The Hall–Kier alpha value is -1.66. The summed E-state index contributed by atoms with van der Waals surface area (Å²) in [6.07, 6.45) is 0. The van der Waals surface area contributed by atoms with E-state index >= 15 is 0 Å². The van der Waals surface area contributed by atoms with E-state index in [1.54, 1.807) is 12.1 Å². The Morgan fingerprint density at radius 1 is 1.37 bits per heavy atom. The molecular weight excluding hydrogens is 246 g/mol. The average Bonchev–Trinajstić information content (AvgIpc) is 2.41. The van der Waals surface area contributed by atoms with E-state index in [0.29, 0.717) is 12.5 Å². The van der Waals surface area contributed by atoms with Crippen LogP contribution in [0.2, 0.25) is 0 Å². The highest BCUT2D eigenvalue weighted by Gasteiger charge is 2.13. The van der Waals surface area contributed by atoms with Crippen molar-refractivity contribution in [3.05, 3.63) is 23.9 Å². The predicted octanol–water partition coefficient (Wildman–Crippen LogP) is 0.406. The summed E-state index contributed by atoms with van der Waals surface area (Å²) in [5.74, 6) is -0.668. The lowest BCUT2D eigenvalue weighted by molar-refractivity contribution is 0.0688. The summed E-state index contributed by atoms with van der Waals surface area (Å²) in [5.41, 5.74) is 0.0112. The van der Waals surface area contributed by atoms with Crippen molar-refractivity contribution in [1.82, 2.24) is 14.8 Å². The van der Waals surface area contributed by atoms with Crippen LogP contribution in [0.3, 0.4) is 0 Å². The molecule has 1 aliphatic rings. The first kappa shape index (κ1) is 13.8. The van der Waals surface area contributed by atoms with Crippen molar-refractivity contribution in [3.63, 3.8) is 0 Å². The van der Waals surface area contributed by atoms with Gasteiger partial charge in [-0.3, -0.25) is 4.90 Å². The SMILES string of the molecule is CN1CCN(CCOc2cccc(C(=O)O)n2)CC1. The molecule has 6 heteroatoms.